The minimum atomic E-state index is -0.841. The quantitative estimate of drug-likeness (QED) is 0.714. The topological polar surface area (TPSA) is 62.7 Å². The van der Waals surface area contributed by atoms with Gasteiger partial charge in [0.05, 0.1) is 11.6 Å². The van der Waals surface area contributed by atoms with Crippen LogP contribution in [0.1, 0.15) is 46.5 Å². The van der Waals surface area contributed by atoms with Gasteiger partial charge in [0.1, 0.15) is 5.75 Å². The lowest BCUT2D eigenvalue weighted by atomic mass is 9.89. The van der Waals surface area contributed by atoms with E-state index >= 15 is 0 Å². The Labute approximate surface area is 162 Å². The first-order valence-electron chi connectivity index (χ1n) is 8.99. The van der Waals surface area contributed by atoms with Crippen LogP contribution in [0.2, 0.25) is 0 Å². The molecule has 0 radical (unpaired) electrons. The van der Waals surface area contributed by atoms with Crippen LogP contribution in [0, 0.1) is 0 Å². The Morgan fingerprint density at radius 1 is 1.23 bits per heavy atom. The zero-order chi connectivity index (χ0) is 18.9. The summed E-state index contributed by atoms with van der Waals surface area (Å²) in [5.74, 6) is 0.839. The van der Waals surface area contributed by atoms with E-state index in [4.69, 9.17) is 4.74 Å². The molecule has 2 aromatic rings. The number of pyridine rings is 1. The van der Waals surface area contributed by atoms with Gasteiger partial charge in [-0.3, -0.25) is 4.98 Å². The van der Waals surface area contributed by atoms with Gasteiger partial charge < -0.3 is 14.7 Å². The summed E-state index contributed by atoms with van der Waals surface area (Å²) in [5, 5.41) is 10.6. The maximum absolute atomic E-state index is 11.7. The highest BCUT2D eigenvalue weighted by Gasteiger charge is 2.36. The number of hydrogen-bond acceptors (Lipinski definition) is 3. The Balaban J connectivity index is 1.70. The second-order valence-electron chi connectivity index (χ2n) is 7.82. The third-order valence-corrected chi connectivity index (χ3v) is 5.55. The van der Waals surface area contributed by atoms with Crippen molar-refractivity contribution in [3.63, 3.8) is 0 Å². The number of benzene rings is 1. The first kappa shape index (κ1) is 19.0. The Morgan fingerprint density at radius 3 is 2.54 bits per heavy atom. The molecular formula is C20H25BrN2O3. The molecule has 0 spiro atoms. The molecular weight excluding hydrogens is 396 g/mol. The predicted molar refractivity (Wildman–Crippen MR) is 106 cm³/mol. The maximum atomic E-state index is 11.7. The van der Waals surface area contributed by atoms with Gasteiger partial charge in [0, 0.05) is 27.6 Å². The van der Waals surface area contributed by atoms with Crippen LogP contribution in [0.5, 0.6) is 5.75 Å². The van der Waals surface area contributed by atoms with Crippen LogP contribution in [0.4, 0.5) is 4.79 Å². The molecule has 1 aliphatic carbocycles. The molecule has 1 saturated carbocycles. The van der Waals surface area contributed by atoms with Crippen molar-refractivity contribution in [1.29, 1.82) is 0 Å². The number of carboxylic acid groups (broad SMARTS) is 1. The Kier molecular flexibility index (Phi) is 5.42. The second kappa shape index (κ2) is 7.43. The number of aromatic nitrogens is 1. The van der Waals surface area contributed by atoms with Crippen LogP contribution in [0.3, 0.4) is 0 Å². The summed E-state index contributed by atoms with van der Waals surface area (Å²) in [6.07, 6.45) is 4.37. The summed E-state index contributed by atoms with van der Waals surface area (Å²) in [5.41, 5.74) is 0.501. The lowest BCUT2D eigenvalue weighted by molar-refractivity contribution is 0.0370. The van der Waals surface area contributed by atoms with Crippen molar-refractivity contribution in [2.24, 2.45) is 0 Å². The number of hydrogen-bond donors (Lipinski definition) is 1. The lowest BCUT2D eigenvalue weighted by Gasteiger charge is -2.42. The van der Waals surface area contributed by atoms with Gasteiger partial charge >= 0.3 is 6.09 Å². The van der Waals surface area contributed by atoms with E-state index in [0.717, 1.165) is 46.8 Å². The van der Waals surface area contributed by atoms with Gasteiger partial charge in [0.25, 0.3) is 0 Å². The van der Waals surface area contributed by atoms with Gasteiger partial charge in [0.2, 0.25) is 0 Å². The summed E-state index contributed by atoms with van der Waals surface area (Å²) in [6.45, 7) is 5.85. The highest BCUT2D eigenvalue weighted by molar-refractivity contribution is 9.10. The molecule has 3 rings (SSSR count). The molecule has 0 saturated heterocycles. The fourth-order valence-electron chi connectivity index (χ4n) is 3.81. The van der Waals surface area contributed by atoms with E-state index in [1.165, 1.54) is 0 Å². The molecule has 1 aliphatic rings. The van der Waals surface area contributed by atoms with E-state index < -0.39 is 11.6 Å². The van der Waals surface area contributed by atoms with Gasteiger partial charge in [0.15, 0.2) is 0 Å². The van der Waals surface area contributed by atoms with Crippen molar-refractivity contribution in [3.05, 3.63) is 34.9 Å². The number of carbonyl (C=O) groups is 1. The molecule has 1 N–H and O–H groups in total. The van der Waals surface area contributed by atoms with Crippen LogP contribution in [-0.2, 0) is 0 Å². The Hall–Kier alpha value is -1.82. The average molecular weight is 421 g/mol. The van der Waals surface area contributed by atoms with Crippen molar-refractivity contribution in [2.45, 2.75) is 64.1 Å². The van der Waals surface area contributed by atoms with E-state index in [-0.39, 0.29) is 12.1 Å². The Bertz CT molecular complexity index is 795. The van der Waals surface area contributed by atoms with Crippen molar-refractivity contribution < 1.29 is 14.6 Å². The van der Waals surface area contributed by atoms with Gasteiger partial charge in [-0.15, -0.1) is 0 Å². The minimum Gasteiger partial charge on any atom is -0.490 e. The summed E-state index contributed by atoms with van der Waals surface area (Å²) in [7, 11) is 0. The molecule has 0 aliphatic heterocycles. The van der Waals surface area contributed by atoms with Gasteiger partial charge in [-0.05, 0) is 80.6 Å². The van der Waals surface area contributed by atoms with E-state index in [1.807, 2.05) is 45.0 Å². The smallest absolute Gasteiger partial charge is 0.407 e. The zero-order valence-corrected chi connectivity index (χ0v) is 17.0. The highest BCUT2D eigenvalue weighted by atomic mass is 79.9. The number of ether oxygens (including phenoxy) is 1. The minimum absolute atomic E-state index is 0.0516. The van der Waals surface area contributed by atoms with E-state index in [2.05, 4.69) is 20.9 Å². The molecule has 1 fully saturated rings. The average Bonchev–Trinajstić information content (AvgIpc) is 2.56. The fourth-order valence-corrected chi connectivity index (χ4v) is 4.28. The monoisotopic (exact) mass is 420 g/mol. The van der Waals surface area contributed by atoms with E-state index in [1.54, 1.807) is 11.1 Å². The number of nitrogens with zero attached hydrogens (tertiary/aromatic N) is 2. The van der Waals surface area contributed by atoms with Crippen molar-refractivity contribution in [2.75, 3.05) is 0 Å². The maximum Gasteiger partial charge on any atom is 0.407 e. The molecule has 0 bridgehead atoms. The van der Waals surface area contributed by atoms with Crippen molar-refractivity contribution >= 4 is 32.9 Å². The molecule has 1 heterocycles. The number of fused-ring (bicyclic) bond motifs is 1. The zero-order valence-electron chi connectivity index (χ0n) is 15.4. The van der Waals surface area contributed by atoms with Crippen LogP contribution < -0.4 is 4.74 Å². The summed E-state index contributed by atoms with van der Waals surface area (Å²) >= 11 is 3.53. The standard InChI is InChI=1S/C20H25BrN2O3/c1-20(2,3)23(19(24)25)13-7-9-14(10-8-13)26-17-11-12-22-18-15(17)5-4-6-16(18)21/h4-6,11-14H,7-10H2,1-3H3,(H,24,25)/t13-,14-. The molecule has 1 amide bonds. The second-order valence-corrected chi connectivity index (χ2v) is 8.67. The van der Waals surface area contributed by atoms with Gasteiger partial charge in [-0.2, -0.15) is 0 Å². The first-order valence-corrected chi connectivity index (χ1v) is 9.79. The predicted octanol–water partition coefficient (Wildman–Crippen LogP) is 5.47. The van der Waals surface area contributed by atoms with Crippen molar-refractivity contribution in [1.82, 2.24) is 9.88 Å². The summed E-state index contributed by atoms with van der Waals surface area (Å²) in [6, 6.07) is 7.92. The molecule has 26 heavy (non-hydrogen) atoms. The summed E-state index contributed by atoms with van der Waals surface area (Å²) < 4.78 is 7.22. The molecule has 5 nitrogen and oxygen atoms in total. The fraction of sp³-hybridized carbons (Fsp3) is 0.500. The molecule has 6 heteroatoms. The summed E-state index contributed by atoms with van der Waals surface area (Å²) in [4.78, 5) is 17.7. The lowest BCUT2D eigenvalue weighted by Crippen LogP contribution is -2.52. The third-order valence-electron chi connectivity index (χ3n) is 4.91. The van der Waals surface area contributed by atoms with E-state index in [9.17, 15) is 9.90 Å². The first-order chi connectivity index (χ1) is 12.3. The van der Waals surface area contributed by atoms with Crippen LogP contribution in [-0.4, -0.2) is 38.8 Å². The molecule has 1 aromatic heterocycles. The SMILES string of the molecule is CC(C)(C)N(C(=O)O)[C@H]1CC[C@H](Oc2ccnc3c(Br)cccc23)CC1. The number of amides is 1. The number of halogens is 1. The number of para-hydroxylation sites is 1. The largest absolute Gasteiger partial charge is 0.490 e. The normalized spacial score (nSPS) is 20.8. The van der Waals surface area contributed by atoms with Gasteiger partial charge in [-0.25, -0.2) is 4.79 Å². The van der Waals surface area contributed by atoms with Gasteiger partial charge in [-0.1, -0.05) is 6.07 Å². The molecule has 0 unspecified atom stereocenters. The number of rotatable bonds is 3. The third kappa shape index (κ3) is 3.95. The highest BCUT2D eigenvalue weighted by Crippen LogP contribution is 2.34. The molecule has 140 valence electrons. The van der Waals surface area contributed by atoms with Crippen LogP contribution >= 0.6 is 15.9 Å². The van der Waals surface area contributed by atoms with Crippen LogP contribution in [0.15, 0.2) is 34.9 Å². The Morgan fingerprint density at radius 2 is 1.92 bits per heavy atom. The van der Waals surface area contributed by atoms with Crippen molar-refractivity contribution in [3.8, 4) is 5.75 Å². The molecule has 1 aromatic carbocycles. The molecule has 0 atom stereocenters. The van der Waals surface area contributed by atoms with Crippen LogP contribution in [0.25, 0.3) is 10.9 Å². The van der Waals surface area contributed by atoms with E-state index in [0.29, 0.717) is 0 Å².